The highest BCUT2D eigenvalue weighted by molar-refractivity contribution is 5.82. The Bertz CT molecular complexity index is 452. The van der Waals surface area contributed by atoms with E-state index in [0.29, 0.717) is 6.54 Å². The normalized spacial score (nSPS) is 22.4. The summed E-state index contributed by atoms with van der Waals surface area (Å²) >= 11 is 0. The maximum Gasteiger partial charge on any atom is 0.331 e. The molecule has 1 aliphatic heterocycles. The number of rotatable bonds is 5. The number of carbonyl (C=O) groups excluding carboxylic acids is 1. The SMILES string of the molecule is COC(=O)C(N)(CN1CCC(OC)C1)c1ccccc1. The van der Waals surface area contributed by atoms with Crippen LogP contribution in [0.1, 0.15) is 12.0 Å². The number of likely N-dealkylation sites (tertiary alicyclic amines) is 1. The summed E-state index contributed by atoms with van der Waals surface area (Å²) in [5.74, 6) is -0.412. The van der Waals surface area contributed by atoms with Crippen LogP contribution in [0.3, 0.4) is 0 Å². The van der Waals surface area contributed by atoms with Crippen LogP contribution in [-0.4, -0.2) is 50.8 Å². The lowest BCUT2D eigenvalue weighted by Crippen LogP contribution is -2.53. The summed E-state index contributed by atoms with van der Waals surface area (Å²) in [5, 5.41) is 0. The molecule has 0 aliphatic carbocycles. The number of methoxy groups -OCH3 is 2. The first-order chi connectivity index (χ1) is 9.60. The molecule has 110 valence electrons. The Morgan fingerprint density at radius 2 is 2.10 bits per heavy atom. The van der Waals surface area contributed by atoms with Crippen LogP contribution >= 0.6 is 0 Å². The molecule has 5 heteroatoms. The summed E-state index contributed by atoms with van der Waals surface area (Å²) < 4.78 is 10.3. The molecule has 0 bridgehead atoms. The molecule has 0 saturated carbocycles. The number of esters is 1. The second-order valence-electron chi connectivity index (χ2n) is 5.21. The van der Waals surface area contributed by atoms with Crippen molar-refractivity contribution in [1.82, 2.24) is 4.90 Å². The van der Waals surface area contributed by atoms with Gasteiger partial charge in [-0.25, -0.2) is 4.79 Å². The number of benzene rings is 1. The zero-order valence-electron chi connectivity index (χ0n) is 12.0. The Morgan fingerprint density at radius 3 is 2.65 bits per heavy atom. The fourth-order valence-corrected chi connectivity index (χ4v) is 2.68. The number of hydrogen-bond acceptors (Lipinski definition) is 5. The van der Waals surface area contributed by atoms with Gasteiger partial charge in [-0.05, 0) is 12.0 Å². The minimum atomic E-state index is -1.14. The van der Waals surface area contributed by atoms with Crippen molar-refractivity contribution in [1.29, 1.82) is 0 Å². The third-order valence-electron chi connectivity index (χ3n) is 3.87. The van der Waals surface area contributed by atoms with Gasteiger partial charge in [0.2, 0.25) is 0 Å². The summed E-state index contributed by atoms with van der Waals surface area (Å²) in [6.07, 6.45) is 1.18. The first-order valence-corrected chi connectivity index (χ1v) is 6.78. The van der Waals surface area contributed by atoms with Gasteiger partial charge in [-0.15, -0.1) is 0 Å². The maximum atomic E-state index is 12.2. The van der Waals surface area contributed by atoms with E-state index in [1.54, 1.807) is 7.11 Å². The molecular weight excluding hydrogens is 256 g/mol. The largest absolute Gasteiger partial charge is 0.467 e. The molecule has 0 amide bonds. The topological polar surface area (TPSA) is 64.8 Å². The summed E-state index contributed by atoms with van der Waals surface area (Å²) in [4.78, 5) is 14.3. The van der Waals surface area contributed by atoms with Crippen LogP contribution in [0.15, 0.2) is 30.3 Å². The molecule has 2 unspecified atom stereocenters. The van der Waals surface area contributed by atoms with E-state index in [-0.39, 0.29) is 6.10 Å². The molecule has 1 saturated heterocycles. The van der Waals surface area contributed by atoms with Crippen LogP contribution in [0.25, 0.3) is 0 Å². The quantitative estimate of drug-likeness (QED) is 0.805. The van der Waals surface area contributed by atoms with Crippen molar-refractivity contribution in [3.05, 3.63) is 35.9 Å². The first kappa shape index (κ1) is 15.0. The molecule has 1 aromatic rings. The average Bonchev–Trinajstić information content (AvgIpc) is 2.94. The van der Waals surface area contributed by atoms with Crippen molar-refractivity contribution in [2.45, 2.75) is 18.1 Å². The van der Waals surface area contributed by atoms with Gasteiger partial charge in [-0.1, -0.05) is 30.3 Å². The van der Waals surface area contributed by atoms with Gasteiger partial charge in [0.1, 0.15) is 0 Å². The first-order valence-electron chi connectivity index (χ1n) is 6.78. The van der Waals surface area contributed by atoms with E-state index >= 15 is 0 Å². The zero-order valence-corrected chi connectivity index (χ0v) is 12.0. The van der Waals surface area contributed by atoms with Gasteiger partial charge in [0.15, 0.2) is 5.54 Å². The molecule has 20 heavy (non-hydrogen) atoms. The standard InChI is InChI=1S/C15H22N2O3/c1-19-13-8-9-17(10-13)11-15(16,14(18)20-2)12-6-4-3-5-7-12/h3-7,13H,8-11,16H2,1-2H3. The third-order valence-corrected chi connectivity index (χ3v) is 3.87. The lowest BCUT2D eigenvalue weighted by molar-refractivity contribution is -0.148. The molecule has 1 aliphatic rings. The predicted molar refractivity (Wildman–Crippen MR) is 76.2 cm³/mol. The van der Waals surface area contributed by atoms with E-state index in [4.69, 9.17) is 15.2 Å². The fraction of sp³-hybridized carbons (Fsp3) is 0.533. The molecule has 1 fully saturated rings. The smallest absolute Gasteiger partial charge is 0.331 e. The Labute approximate surface area is 119 Å². The van der Waals surface area contributed by atoms with Gasteiger partial charge < -0.3 is 15.2 Å². The predicted octanol–water partition coefficient (Wildman–Crippen LogP) is 0.734. The van der Waals surface area contributed by atoms with E-state index < -0.39 is 11.5 Å². The molecule has 0 aromatic heterocycles. The van der Waals surface area contributed by atoms with Gasteiger partial charge in [-0.3, -0.25) is 4.90 Å². The van der Waals surface area contributed by atoms with Gasteiger partial charge in [0.25, 0.3) is 0 Å². The number of ether oxygens (including phenoxy) is 2. The molecule has 1 aromatic carbocycles. The number of hydrogen-bond donors (Lipinski definition) is 1. The Kier molecular flexibility index (Phi) is 4.75. The maximum absolute atomic E-state index is 12.2. The van der Waals surface area contributed by atoms with Gasteiger partial charge >= 0.3 is 5.97 Å². The molecule has 2 rings (SSSR count). The van der Waals surface area contributed by atoms with Crippen molar-refractivity contribution in [2.24, 2.45) is 5.73 Å². The summed E-state index contributed by atoms with van der Waals surface area (Å²) in [5.41, 5.74) is 6.01. The van der Waals surface area contributed by atoms with Gasteiger partial charge in [-0.2, -0.15) is 0 Å². The van der Waals surface area contributed by atoms with Crippen LogP contribution < -0.4 is 5.73 Å². The van der Waals surface area contributed by atoms with E-state index in [9.17, 15) is 4.79 Å². The van der Waals surface area contributed by atoms with Crippen LogP contribution in [0.4, 0.5) is 0 Å². The highest BCUT2D eigenvalue weighted by Gasteiger charge is 2.40. The van der Waals surface area contributed by atoms with Crippen molar-refractivity contribution in [2.75, 3.05) is 33.9 Å². The summed E-state index contributed by atoms with van der Waals surface area (Å²) in [6, 6.07) is 9.38. The van der Waals surface area contributed by atoms with Crippen LogP contribution in [0.5, 0.6) is 0 Å². The zero-order chi connectivity index (χ0) is 14.6. The Morgan fingerprint density at radius 1 is 1.40 bits per heavy atom. The second kappa shape index (κ2) is 6.35. The molecular formula is C15H22N2O3. The van der Waals surface area contributed by atoms with Crippen LogP contribution in [0.2, 0.25) is 0 Å². The minimum Gasteiger partial charge on any atom is -0.467 e. The molecule has 0 spiro atoms. The number of carbonyl (C=O) groups is 1. The summed E-state index contributed by atoms with van der Waals surface area (Å²) in [7, 11) is 3.08. The molecule has 5 nitrogen and oxygen atoms in total. The number of nitrogens with zero attached hydrogens (tertiary/aromatic N) is 1. The molecule has 2 atom stereocenters. The van der Waals surface area contributed by atoms with Gasteiger partial charge in [0, 0.05) is 26.7 Å². The Hall–Kier alpha value is -1.43. The number of nitrogens with two attached hydrogens (primary N) is 1. The van der Waals surface area contributed by atoms with Crippen LogP contribution in [0, 0.1) is 0 Å². The Balaban J connectivity index is 2.18. The average molecular weight is 278 g/mol. The van der Waals surface area contributed by atoms with Crippen molar-refractivity contribution < 1.29 is 14.3 Å². The molecule has 1 heterocycles. The van der Waals surface area contributed by atoms with E-state index in [1.807, 2.05) is 30.3 Å². The summed E-state index contributed by atoms with van der Waals surface area (Å²) in [6.45, 7) is 2.10. The third kappa shape index (κ3) is 3.00. The minimum absolute atomic E-state index is 0.215. The lowest BCUT2D eigenvalue weighted by atomic mass is 9.90. The van der Waals surface area contributed by atoms with E-state index in [2.05, 4.69) is 4.90 Å². The van der Waals surface area contributed by atoms with Crippen molar-refractivity contribution >= 4 is 5.97 Å². The monoisotopic (exact) mass is 278 g/mol. The second-order valence-corrected chi connectivity index (χ2v) is 5.21. The lowest BCUT2D eigenvalue weighted by Gasteiger charge is -2.31. The van der Waals surface area contributed by atoms with Crippen molar-refractivity contribution in [3.63, 3.8) is 0 Å². The van der Waals surface area contributed by atoms with Crippen LogP contribution in [-0.2, 0) is 19.8 Å². The van der Waals surface area contributed by atoms with E-state index in [0.717, 1.165) is 25.1 Å². The fourth-order valence-electron chi connectivity index (χ4n) is 2.68. The van der Waals surface area contributed by atoms with Crippen molar-refractivity contribution in [3.8, 4) is 0 Å². The molecule has 0 radical (unpaired) electrons. The highest BCUT2D eigenvalue weighted by atomic mass is 16.5. The van der Waals surface area contributed by atoms with E-state index in [1.165, 1.54) is 7.11 Å². The van der Waals surface area contributed by atoms with Gasteiger partial charge in [0.05, 0.1) is 13.2 Å². The molecule has 2 N–H and O–H groups in total. The highest BCUT2D eigenvalue weighted by Crippen LogP contribution is 2.24.